The van der Waals surface area contributed by atoms with Crippen molar-refractivity contribution >= 4 is 24.4 Å². The molecule has 0 saturated carbocycles. The van der Waals surface area contributed by atoms with Crippen molar-refractivity contribution in [3.8, 4) is 5.75 Å². The van der Waals surface area contributed by atoms with Crippen LogP contribution in [0.5, 0.6) is 5.75 Å². The first kappa shape index (κ1) is 11.6. The van der Waals surface area contributed by atoms with E-state index < -0.39 is 4.92 Å². The summed E-state index contributed by atoms with van der Waals surface area (Å²) in [7, 11) is 1.53. The number of ether oxygens (including phenoxy) is 1. The smallest absolute Gasteiger partial charge is 0.270 e. The third-order valence-electron chi connectivity index (χ3n) is 1.83. The van der Waals surface area contributed by atoms with Gasteiger partial charge in [0.05, 0.1) is 12.0 Å². The monoisotopic (exact) mass is 225 g/mol. The summed E-state index contributed by atoms with van der Waals surface area (Å²) < 4.78 is 5.08. The quantitative estimate of drug-likeness (QED) is 0.486. The van der Waals surface area contributed by atoms with Crippen molar-refractivity contribution in [2.24, 2.45) is 0 Å². The first-order valence-electron chi connectivity index (χ1n) is 4.29. The number of hydrogen-bond donors (Lipinski definition) is 1. The van der Waals surface area contributed by atoms with Crippen LogP contribution in [0.2, 0.25) is 0 Å². The second-order valence-corrected chi connectivity index (χ2v) is 3.13. The predicted octanol–water partition coefficient (Wildman–Crippen LogP) is 2.55. The van der Waals surface area contributed by atoms with E-state index in [1.165, 1.54) is 19.2 Å². The lowest BCUT2D eigenvalue weighted by Gasteiger charge is -2.03. The Kier molecular flexibility index (Phi) is 4.17. The molecule has 0 unspecified atom stereocenters. The molecule has 0 amide bonds. The van der Waals surface area contributed by atoms with E-state index in [-0.39, 0.29) is 5.69 Å². The topological polar surface area (TPSA) is 52.4 Å². The highest BCUT2D eigenvalue weighted by atomic mass is 32.1. The molecule has 0 aliphatic carbocycles. The van der Waals surface area contributed by atoms with Gasteiger partial charge in [-0.2, -0.15) is 12.6 Å². The Bertz CT molecular complexity index is 390. The molecule has 5 heteroatoms. The van der Waals surface area contributed by atoms with Gasteiger partial charge in [0.1, 0.15) is 5.75 Å². The van der Waals surface area contributed by atoms with Gasteiger partial charge in [-0.3, -0.25) is 10.1 Å². The first-order valence-corrected chi connectivity index (χ1v) is 4.92. The molecule has 0 N–H and O–H groups in total. The molecule has 0 aliphatic heterocycles. The highest BCUT2D eigenvalue weighted by molar-refractivity contribution is 7.80. The van der Waals surface area contributed by atoms with Crippen molar-refractivity contribution in [1.29, 1.82) is 0 Å². The molecule has 0 bridgehead atoms. The fourth-order valence-corrected chi connectivity index (χ4v) is 1.25. The Morgan fingerprint density at radius 1 is 1.60 bits per heavy atom. The van der Waals surface area contributed by atoms with Gasteiger partial charge in [-0.05, 0) is 6.07 Å². The van der Waals surface area contributed by atoms with Crippen LogP contribution < -0.4 is 4.74 Å². The number of nitro benzene ring substituents is 1. The molecule has 0 atom stereocenters. The lowest BCUT2D eigenvalue weighted by atomic mass is 10.1. The zero-order valence-corrected chi connectivity index (χ0v) is 9.11. The maximum atomic E-state index is 10.6. The van der Waals surface area contributed by atoms with Gasteiger partial charge in [-0.25, -0.2) is 0 Å². The molecule has 1 aromatic rings. The minimum Gasteiger partial charge on any atom is -0.496 e. The molecule has 1 aromatic carbocycles. The van der Waals surface area contributed by atoms with E-state index in [0.29, 0.717) is 17.1 Å². The summed E-state index contributed by atoms with van der Waals surface area (Å²) >= 11 is 4.02. The zero-order chi connectivity index (χ0) is 11.3. The molecule has 0 saturated heterocycles. The fraction of sp³-hybridized carbons (Fsp3) is 0.200. The van der Waals surface area contributed by atoms with E-state index in [2.05, 4.69) is 12.6 Å². The van der Waals surface area contributed by atoms with Crippen molar-refractivity contribution in [3.63, 3.8) is 0 Å². The first-order chi connectivity index (χ1) is 7.19. The van der Waals surface area contributed by atoms with Crippen molar-refractivity contribution in [1.82, 2.24) is 0 Å². The van der Waals surface area contributed by atoms with Crippen molar-refractivity contribution < 1.29 is 9.66 Å². The molecule has 80 valence electrons. The van der Waals surface area contributed by atoms with Crippen LogP contribution in [0.25, 0.3) is 6.08 Å². The van der Waals surface area contributed by atoms with E-state index in [9.17, 15) is 10.1 Å². The normalized spacial score (nSPS) is 10.5. The largest absolute Gasteiger partial charge is 0.496 e. The predicted molar refractivity (Wildman–Crippen MR) is 62.5 cm³/mol. The minimum atomic E-state index is -0.433. The molecule has 0 spiro atoms. The molecular weight excluding hydrogens is 214 g/mol. The molecular formula is C10H11NO3S. The Morgan fingerprint density at radius 3 is 2.87 bits per heavy atom. The summed E-state index contributed by atoms with van der Waals surface area (Å²) in [5.41, 5.74) is 0.732. The lowest BCUT2D eigenvalue weighted by molar-refractivity contribution is -0.384. The average Bonchev–Trinajstić information content (AvgIpc) is 2.25. The third kappa shape index (κ3) is 2.99. The molecule has 0 aliphatic rings. The Labute approximate surface area is 93.1 Å². The van der Waals surface area contributed by atoms with E-state index >= 15 is 0 Å². The maximum absolute atomic E-state index is 10.6. The van der Waals surface area contributed by atoms with Gasteiger partial charge in [0, 0.05) is 23.4 Å². The number of hydrogen-bond acceptors (Lipinski definition) is 4. The summed E-state index contributed by atoms with van der Waals surface area (Å²) in [4.78, 5) is 10.1. The number of nitro groups is 1. The number of thiol groups is 1. The second-order valence-electron chi connectivity index (χ2n) is 2.77. The van der Waals surface area contributed by atoms with Crippen LogP contribution in [0.15, 0.2) is 24.3 Å². The Balaban J connectivity index is 3.13. The molecule has 0 radical (unpaired) electrons. The van der Waals surface area contributed by atoms with Crippen LogP contribution in [0, 0.1) is 10.1 Å². The summed E-state index contributed by atoms with van der Waals surface area (Å²) in [5, 5.41) is 10.6. The molecule has 0 aromatic heterocycles. The minimum absolute atomic E-state index is 0.0506. The Morgan fingerprint density at radius 2 is 2.33 bits per heavy atom. The van der Waals surface area contributed by atoms with Crippen LogP contribution in [-0.2, 0) is 0 Å². The van der Waals surface area contributed by atoms with E-state index in [0.717, 1.165) is 0 Å². The van der Waals surface area contributed by atoms with Crippen LogP contribution in [0.3, 0.4) is 0 Å². The lowest BCUT2D eigenvalue weighted by Crippen LogP contribution is -1.91. The van der Waals surface area contributed by atoms with Crippen LogP contribution in [0.4, 0.5) is 5.69 Å². The van der Waals surface area contributed by atoms with Crippen molar-refractivity contribution in [2.45, 2.75) is 0 Å². The van der Waals surface area contributed by atoms with Gasteiger partial charge in [-0.15, -0.1) is 0 Å². The number of benzene rings is 1. The van der Waals surface area contributed by atoms with Gasteiger partial charge in [0.2, 0.25) is 0 Å². The van der Waals surface area contributed by atoms with E-state index in [4.69, 9.17) is 4.74 Å². The van der Waals surface area contributed by atoms with Crippen molar-refractivity contribution in [3.05, 3.63) is 40.0 Å². The van der Waals surface area contributed by atoms with Gasteiger partial charge >= 0.3 is 0 Å². The van der Waals surface area contributed by atoms with Crippen LogP contribution in [-0.4, -0.2) is 17.8 Å². The Hall–Kier alpha value is -1.49. The highest BCUT2D eigenvalue weighted by Gasteiger charge is 2.08. The van der Waals surface area contributed by atoms with Gasteiger partial charge < -0.3 is 4.74 Å². The molecule has 0 fully saturated rings. The number of nitrogens with zero attached hydrogens (tertiary/aromatic N) is 1. The molecule has 4 nitrogen and oxygen atoms in total. The average molecular weight is 225 g/mol. The fourth-order valence-electron chi connectivity index (χ4n) is 1.15. The summed E-state index contributed by atoms with van der Waals surface area (Å²) in [5.74, 6) is 1.19. The number of methoxy groups -OCH3 is 1. The number of non-ortho nitro benzene ring substituents is 1. The molecule has 15 heavy (non-hydrogen) atoms. The standard InChI is InChI=1S/C10H11NO3S/c1-14-10-5-4-9(11(12)13)7-8(10)3-2-6-15/h2-5,7,15H,6H2,1H3. The summed E-state index contributed by atoms with van der Waals surface area (Å²) in [6, 6.07) is 4.46. The van der Waals surface area contributed by atoms with Gasteiger partial charge in [0.25, 0.3) is 5.69 Å². The second kappa shape index (κ2) is 5.41. The van der Waals surface area contributed by atoms with Crippen LogP contribution in [0.1, 0.15) is 5.56 Å². The highest BCUT2D eigenvalue weighted by Crippen LogP contribution is 2.24. The van der Waals surface area contributed by atoms with Gasteiger partial charge in [-0.1, -0.05) is 12.2 Å². The molecule has 0 heterocycles. The summed E-state index contributed by atoms with van der Waals surface area (Å²) in [6.07, 6.45) is 3.55. The van der Waals surface area contributed by atoms with E-state index in [1.807, 2.05) is 0 Å². The SMILES string of the molecule is COc1ccc([N+](=O)[O-])cc1C=CCS. The zero-order valence-electron chi connectivity index (χ0n) is 8.21. The van der Waals surface area contributed by atoms with Crippen molar-refractivity contribution in [2.75, 3.05) is 12.9 Å². The maximum Gasteiger partial charge on any atom is 0.270 e. The summed E-state index contributed by atoms with van der Waals surface area (Å²) in [6.45, 7) is 0. The van der Waals surface area contributed by atoms with Crippen LogP contribution >= 0.6 is 12.6 Å². The third-order valence-corrected chi connectivity index (χ3v) is 2.04. The van der Waals surface area contributed by atoms with E-state index in [1.54, 1.807) is 18.2 Å². The number of rotatable bonds is 4. The molecule has 1 rings (SSSR count). The van der Waals surface area contributed by atoms with Gasteiger partial charge in [0.15, 0.2) is 0 Å².